The highest BCUT2D eigenvalue weighted by Crippen LogP contribution is 2.25. The molecule has 2 aromatic rings. The van der Waals surface area contributed by atoms with Crippen molar-refractivity contribution in [3.63, 3.8) is 0 Å². The second-order valence-electron chi connectivity index (χ2n) is 7.10. The number of rotatable bonds is 9. The van der Waals surface area contributed by atoms with Crippen molar-refractivity contribution >= 4 is 11.6 Å². The molecule has 7 heteroatoms. The summed E-state index contributed by atoms with van der Waals surface area (Å²) in [6.45, 7) is 2.45. The van der Waals surface area contributed by atoms with Crippen LogP contribution in [0.15, 0.2) is 47.5 Å². The molecule has 0 amide bonds. The Morgan fingerprint density at radius 1 is 1.07 bits per heavy atom. The van der Waals surface area contributed by atoms with E-state index in [0.717, 1.165) is 69.1 Å². The van der Waals surface area contributed by atoms with Gasteiger partial charge in [0.25, 0.3) is 5.69 Å². The summed E-state index contributed by atoms with van der Waals surface area (Å²) >= 11 is 0. The van der Waals surface area contributed by atoms with Gasteiger partial charge < -0.3 is 15.4 Å². The zero-order valence-electron chi connectivity index (χ0n) is 16.8. The first-order valence-electron chi connectivity index (χ1n) is 10.1. The molecule has 154 valence electrons. The zero-order chi connectivity index (χ0) is 20.5. The van der Waals surface area contributed by atoms with Crippen LogP contribution in [-0.2, 0) is 19.3 Å². The summed E-state index contributed by atoms with van der Waals surface area (Å²) in [6.07, 6.45) is 4.86. The molecule has 0 fully saturated rings. The van der Waals surface area contributed by atoms with Crippen molar-refractivity contribution in [1.29, 1.82) is 0 Å². The van der Waals surface area contributed by atoms with Gasteiger partial charge in [-0.15, -0.1) is 0 Å². The van der Waals surface area contributed by atoms with Crippen LogP contribution in [0.5, 0.6) is 5.75 Å². The van der Waals surface area contributed by atoms with Crippen LogP contribution in [0, 0.1) is 10.1 Å². The molecule has 0 unspecified atom stereocenters. The van der Waals surface area contributed by atoms with Crippen LogP contribution >= 0.6 is 0 Å². The van der Waals surface area contributed by atoms with E-state index in [1.165, 1.54) is 11.1 Å². The number of nitrogens with zero attached hydrogens (tertiary/aromatic N) is 2. The maximum absolute atomic E-state index is 10.7. The average molecular weight is 396 g/mol. The number of hydrogen-bond acceptors (Lipinski definition) is 4. The van der Waals surface area contributed by atoms with Gasteiger partial charge in [-0.3, -0.25) is 15.1 Å². The molecule has 0 radical (unpaired) electrons. The summed E-state index contributed by atoms with van der Waals surface area (Å²) in [6, 6.07) is 13.2. The predicted molar refractivity (Wildman–Crippen MR) is 115 cm³/mol. The van der Waals surface area contributed by atoms with Gasteiger partial charge in [-0.05, 0) is 48.4 Å². The van der Waals surface area contributed by atoms with Gasteiger partial charge in [0.2, 0.25) is 0 Å². The lowest BCUT2D eigenvalue weighted by molar-refractivity contribution is -0.384. The van der Waals surface area contributed by atoms with Gasteiger partial charge in [0, 0.05) is 38.7 Å². The van der Waals surface area contributed by atoms with Crippen molar-refractivity contribution in [2.45, 2.75) is 32.1 Å². The van der Waals surface area contributed by atoms with Crippen LogP contribution < -0.4 is 15.4 Å². The maximum atomic E-state index is 10.7. The number of guanidine groups is 1. The molecule has 0 saturated carbocycles. The Kier molecular flexibility index (Phi) is 7.44. The Hall–Kier alpha value is -3.09. The van der Waals surface area contributed by atoms with Gasteiger partial charge in [-0.25, -0.2) is 0 Å². The molecule has 2 N–H and O–H groups in total. The fraction of sp³-hybridized carbons (Fsp3) is 0.409. The molecular formula is C22H28N4O3. The van der Waals surface area contributed by atoms with Crippen molar-refractivity contribution in [1.82, 2.24) is 10.6 Å². The lowest BCUT2D eigenvalue weighted by Crippen LogP contribution is -2.38. The smallest absolute Gasteiger partial charge is 0.269 e. The minimum absolute atomic E-state index is 0.138. The van der Waals surface area contributed by atoms with Crippen LogP contribution in [0.4, 0.5) is 5.69 Å². The summed E-state index contributed by atoms with van der Waals surface area (Å²) in [5.74, 6) is 1.83. The van der Waals surface area contributed by atoms with E-state index in [-0.39, 0.29) is 10.6 Å². The summed E-state index contributed by atoms with van der Waals surface area (Å²) in [4.78, 5) is 14.6. The van der Waals surface area contributed by atoms with Crippen LogP contribution in [0.25, 0.3) is 0 Å². The Labute approximate surface area is 171 Å². The quantitative estimate of drug-likeness (QED) is 0.223. The number of hydrogen-bond donors (Lipinski definition) is 2. The van der Waals surface area contributed by atoms with E-state index in [9.17, 15) is 10.1 Å². The van der Waals surface area contributed by atoms with E-state index >= 15 is 0 Å². The van der Waals surface area contributed by atoms with E-state index in [2.05, 4.69) is 33.8 Å². The number of nitrogens with one attached hydrogen (secondary N) is 2. The number of non-ortho nitro benzene ring substituents is 1. The second-order valence-corrected chi connectivity index (χ2v) is 7.10. The fourth-order valence-corrected chi connectivity index (χ4v) is 3.39. The maximum Gasteiger partial charge on any atom is 0.269 e. The molecule has 0 saturated heterocycles. The molecule has 29 heavy (non-hydrogen) atoms. The van der Waals surface area contributed by atoms with Gasteiger partial charge in [-0.2, -0.15) is 0 Å². The number of nitro benzene ring substituents is 1. The third-order valence-corrected chi connectivity index (χ3v) is 5.02. The molecule has 0 spiro atoms. The van der Waals surface area contributed by atoms with Crippen molar-refractivity contribution < 1.29 is 9.66 Å². The topological polar surface area (TPSA) is 88.8 Å². The first-order valence-corrected chi connectivity index (χ1v) is 10.1. The molecule has 1 heterocycles. The van der Waals surface area contributed by atoms with Gasteiger partial charge in [0.1, 0.15) is 5.75 Å². The number of unbranched alkanes of at least 4 members (excludes halogenated alkanes) is 1. The summed E-state index contributed by atoms with van der Waals surface area (Å²) < 4.78 is 5.55. The van der Waals surface area contributed by atoms with E-state index in [1.807, 2.05) is 12.1 Å². The second kappa shape index (κ2) is 10.5. The molecule has 3 rings (SSSR count). The number of fused-ring (bicyclic) bond motifs is 1. The Balaban J connectivity index is 1.30. The Morgan fingerprint density at radius 3 is 2.59 bits per heavy atom. The van der Waals surface area contributed by atoms with Crippen molar-refractivity contribution in [2.24, 2.45) is 4.99 Å². The number of benzene rings is 2. The third-order valence-electron chi connectivity index (χ3n) is 5.02. The van der Waals surface area contributed by atoms with Crippen molar-refractivity contribution in [2.75, 3.05) is 26.7 Å². The van der Waals surface area contributed by atoms with Gasteiger partial charge in [0.15, 0.2) is 5.96 Å². The first kappa shape index (κ1) is 20.6. The van der Waals surface area contributed by atoms with Crippen LogP contribution in [-0.4, -0.2) is 37.6 Å². The lowest BCUT2D eigenvalue weighted by atomic mass is 10.1. The van der Waals surface area contributed by atoms with E-state index in [0.29, 0.717) is 0 Å². The normalized spacial score (nSPS) is 12.9. The van der Waals surface area contributed by atoms with Crippen LogP contribution in [0.2, 0.25) is 0 Å². The van der Waals surface area contributed by atoms with E-state index in [4.69, 9.17) is 4.74 Å². The molecular weight excluding hydrogens is 368 g/mol. The fourth-order valence-electron chi connectivity index (χ4n) is 3.39. The van der Waals surface area contributed by atoms with Gasteiger partial charge >= 0.3 is 0 Å². The van der Waals surface area contributed by atoms with Crippen molar-refractivity contribution in [3.05, 3.63) is 69.3 Å². The molecule has 0 aliphatic carbocycles. The van der Waals surface area contributed by atoms with Crippen LogP contribution in [0.3, 0.4) is 0 Å². The minimum atomic E-state index is -0.370. The van der Waals surface area contributed by atoms with E-state index in [1.54, 1.807) is 19.2 Å². The molecule has 0 bridgehead atoms. The highest BCUT2D eigenvalue weighted by atomic mass is 16.6. The average Bonchev–Trinajstić information content (AvgIpc) is 3.20. The highest BCUT2D eigenvalue weighted by Gasteiger charge is 2.11. The van der Waals surface area contributed by atoms with Crippen molar-refractivity contribution in [3.8, 4) is 5.75 Å². The third kappa shape index (κ3) is 6.20. The predicted octanol–water partition coefficient (Wildman–Crippen LogP) is 3.26. The number of nitro groups is 1. The monoisotopic (exact) mass is 396 g/mol. The van der Waals surface area contributed by atoms with E-state index < -0.39 is 0 Å². The highest BCUT2D eigenvalue weighted by molar-refractivity contribution is 5.79. The summed E-state index contributed by atoms with van der Waals surface area (Å²) in [7, 11) is 1.78. The molecule has 2 aromatic carbocycles. The molecule has 7 nitrogen and oxygen atoms in total. The zero-order valence-corrected chi connectivity index (χ0v) is 16.8. The Bertz CT molecular complexity index is 850. The standard InChI is InChI=1S/C22H28N4O3/c1-23-22(25-14-11-18-7-10-21-19(16-18)12-15-29-21)24-13-3-2-4-17-5-8-20(9-6-17)26(27)28/h5-10,16H,2-4,11-15H2,1H3,(H2,23,24,25). The summed E-state index contributed by atoms with van der Waals surface area (Å²) in [5.41, 5.74) is 3.87. The minimum Gasteiger partial charge on any atom is -0.493 e. The number of ether oxygens (including phenoxy) is 1. The lowest BCUT2D eigenvalue weighted by Gasteiger charge is -2.12. The molecule has 1 aliphatic rings. The van der Waals surface area contributed by atoms with Gasteiger partial charge in [-0.1, -0.05) is 24.3 Å². The number of aryl methyl sites for hydroxylation is 1. The van der Waals surface area contributed by atoms with Crippen LogP contribution in [0.1, 0.15) is 29.5 Å². The molecule has 0 atom stereocenters. The summed E-state index contributed by atoms with van der Waals surface area (Å²) in [5, 5.41) is 17.4. The molecule has 1 aliphatic heterocycles. The van der Waals surface area contributed by atoms with Gasteiger partial charge in [0.05, 0.1) is 11.5 Å². The Morgan fingerprint density at radius 2 is 1.83 bits per heavy atom. The first-order chi connectivity index (χ1) is 14.2. The molecule has 0 aromatic heterocycles. The largest absolute Gasteiger partial charge is 0.493 e. The SMILES string of the molecule is CN=C(NCCCCc1ccc([N+](=O)[O-])cc1)NCCc1ccc2c(c1)CCO2. The number of aliphatic imine (C=N–C) groups is 1.